The van der Waals surface area contributed by atoms with Gasteiger partial charge < -0.3 is 11.5 Å². The molecule has 2 nitrogen and oxygen atoms in total. The standard InChI is InChI=1S/C11H26N2/c1-5-8(3)7-10(12)11(13)9(4)6-2/h8-11H,5-7,12-13H2,1-4H3. The van der Waals surface area contributed by atoms with E-state index in [-0.39, 0.29) is 12.1 Å². The molecule has 0 bridgehead atoms. The molecule has 0 rings (SSSR count). The highest BCUT2D eigenvalue weighted by Gasteiger charge is 2.19. The summed E-state index contributed by atoms with van der Waals surface area (Å²) >= 11 is 0. The van der Waals surface area contributed by atoms with Crippen molar-refractivity contribution < 1.29 is 0 Å². The summed E-state index contributed by atoms with van der Waals surface area (Å²) < 4.78 is 0. The first-order valence-corrected chi connectivity index (χ1v) is 5.54. The molecular weight excluding hydrogens is 160 g/mol. The fourth-order valence-corrected chi connectivity index (χ4v) is 1.48. The first-order chi connectivity index (χ1) is 6.02. The first kappa shape index (κ1) is 12.9. The molecule has 0 aromatic rings. The summed E-state index contributed by atoms with van der Waals surface area (Å²) in [5.41, 5.74) is 12.1. The highest BCUT2D eigenvalue weighted by molar-refractivity contribution is 4.81. The maximum absolute atomic E-state index is 6.05. The van der Waals surface area contributed by atoms with Crippen molar-refractivity contribution in [2.45, 2.75) is 59.0 Å². The number of hydrogen-bond acceptors (Lipinski definition) is 2. The molecule has 0 amide bonds. The molecule has 4 atom stereocenters. The number of rotatable bonds is 6. The van der Waals surface area contributed by atoms with Gasteiger partial charge in [0, 0.05) is 12.1 Å². The van der Waals surface area contributed by atoms with E-state index in [9.17, 15) is 0 Å². The molecule has 0 saturated heterocycles. The monoisotopic (exact) mass is 186 g/mol. The van der Waals surface area contributed by atoms with Crippen LogP contribution in [0.1, 0.15) is 47.0 Å². The maximum atomic E-state index is 6.05. The van der Waals surface area contributed by atoms with Gasteiger partial charge in [-0.25, -0.2) is 0 Å². The van der Waals surface area contributed by atoms with Crippen molar-refractivity contribution in [3.8, 4) is 0 Å². The lowest BCUT2D eigenvalue weighted by Gasteiger charge is -2.26. The Morgan fingerprint density at radius 2 is 1.54 bits per heavy atom. The summed E-state index contributed by atoms with van der Waals surface area (Å²) in [5.74, 6) is 1.24. The third-order valence-corrected chi connectivity index (χ3v) is 3.17. The minimum atomic E-state index is 0.166. The zero-order chi connectivity index (χ0) is 10.4. The van der Waals surface area contributed by atoms with Gasteiger partial charge in [0.15, 0.2) is 0 Å². The predicted molar refractivity (Wildman–Crippen MR) is 59.5 cm³/mol. The Bertz CT molecular complexity index is 125. The maximum Gasteiger partial charge on any atom is 0.0218 e. The molecule has 13 heavy (non-hydrogen) atoms. The molecule has 0 spiro atoms. The Hall–Kier alpha value is -0.0800. The van der Waals surface area contributed by atoms with E-state index in [1.54, 1.807) is 0 Å². The van der Waals surface area contributed by atoms with Crippen LogP contribution in [0.25, 0.3) is 0 Å². The van der Waals surface area contributed by atoms with E-state index in [1.807, 2.05) is 0 Å². The molecule has 4 N–H and O–H groups in total. The van der Waals surface area contributed by atoms with E-state index in [2.05, 4.69) is 27.7 Å². The summed E-state index contributed by atoms with van der Waals surface area (Å²) in [5, 5.41) is 0. The van der Waals surface area contributed by atoms with Crippen molar-refractivity contribution in [1.29, 1.82) is 0 Å². The second-order valence-corrected chi connectivity index (χ2v) is 4.38. The summed E-state index contributed by atoms with van der Waals surface area (Å²) in [4.78, 5) is 0. The molecule has 0 aliphatic carbocycles. The molecule has 4 unspecified atom stereocenters. The molecule has 0 aliphatic heterocycles. The zero-order valence-electron chi connectivity index (χ0n) is 9.59. The minimum absolute atomic E-state index is 0.166. The van der Waals surface area contributed by atoms with E-state index in [0.717, 1.165) is 12.8 Å². The molecular formula is C11H26N2. The Balaban J connectivity index is 3.87. The van der Waals surface area contributed by atoms with Gasteiger partial charge in [0.25, 0.3) is 0 Å². The third kappa shape index (κ3) is 4.63. The average molecular weight is 186 g/mol. The van der Waals surface area contributed by atoms with Crippen LogP contribution in [-0.4, -0.2) is 12.1 Å². The van der Waals surface area contributed by atoms with Gasteiger partial charge in [-0.1, -0.05) is 40.5 Å². The van der Waals surface area contributed by atoms with Crippen molar-refractivity contribution in [2.75, 3.05) is 0 Å². The molecule has 0 aromatic carbocycles. The molecule has 2 heteroatoms. The van der Waals surface area contributed by atoms with Gasteiger partial charge in [-0.3, -0.25) is 0 Å². The predicted octanol–water partition coefficient (Wildman–Crippen LogP) is 2.12. The van der Waals surface area contributed by atoms with Crippen LogP contribution in [0.15, 0.2) is 0 Å². The van der Waals surface area contributed by atoms with Crippen molar-refractivity contribution >= 4 is 0 Å². The van der Waals surface area contributed by atoms with Crippen molar-refractivity contribution in [2.24, 2.45) is 23.3 Å². The smallest absolute Gasteiger partial charge is 0.0218 e. The van der Waals surface area contributed by atoms with E-state index in [0.29, 0.717) is 11.8 Å². The Morgan fingerprint density at radius 3 is 1.92 bits per heavy atom. The van der Waals surface area contributed by atoms with Gasteiger partial charge in [-0.05, 0) is 18.3 Å². The summed E-state index contributed by atoms with van der Waals surface area (Å²) in [6.07, 6.45) is 3.37. The lowest BCUT2D eigenvalue weighted by Crippen LogP contribution is -2.46. The van der Waals surface area contributed by atoms with Gasteiger partial charge in [0.05, 0.1) is 0 Å². The largest absolute Gasteiger partial charge is 0.326 e. The second-order valence-electron chi connectivity index (χ2n) is 4.38. The highest BCUT2D eigenvalue weighted by Crippen LogP contribution is 2.15. The topological polar surface area (TPSA) is 52.0 Å². The van der Waals surface area contributed by atoms with E-state index in [4.69, 9.17) is 11.5 Å². The Kier molecular flexibility index (Phi) is 6.35. The molecule has 80 valence electrons. The van der Waals surface area contributed by atoms with Gasteiger partial charge in [-0.15, -0.1) is 0 Å². The van der Waals surface area contributed by atoms with Crippen molar-refractivity contribution in [3.63, 3.8) is 0 Å². The van der Waals surface area contributed by atoms with Crippen LogP contribution in [0.4, 0.5) is 0 Å². The van der Waals surface area contributed by atoms with E-state index < -0.39 is 0 Å². The van der Waals surface area contributed by atoms with E-state index >= 15 is 0 Å². The van der Waals surface area contributed by atoms with Crippen LogP contribution < -0.4 is 11.5 Å². The third-order valence-electron chi connectivity index (χ3n) is 3.17. The first-order valence-electron chi connectivity index (χ1n) is 5.54. The van der Waals surface area contributed by atoms with E-state index in [1.165, 1.54) is 6.42 Å². The second kappa shape index (κ2) is 6.39. The summed E-state index contributed by atoms with van der Waals surface area (Å²) in [7, 11) is 0. The van der Waals surface area contributed by atoms with Crippen LogP contribution in [0.2, 0.25) is 0 Å². The Labute approximate surface area is 83.1 Å². The van der Waals surface area contributed by atoms with Gasteiger partial charge in [0.2, 0.25) is 0 Å². The molecule has 0 aliphatic rings. The van der Waals surface area contributed by atoms with Crippen LogP contribution in [0.5, 0.6) is 0 Å². The number of hydrogen-bond donors (Lipinski definition) is 2. The normalized spacial score (nSPS) is 20.8. The van der Waals surface area contributed by atoms with Crippen LogP contribution in [0.3, 0.4) is 0 Å². The fraction of sp³-hybridized carbons (Fsp3) is 1.00. The molecule has 0 saturated carbocycles. The average Bonchev–Trinajstić information content (AvgIpc) is 2.14. The Morgan fingerprint density at radius 1 is 1.00 bits per heavy atom. The quantitative estimate of drug-likeness (QED) is 0.667. The van der Waals surface area contributed by atoms with Crippen LogP contribution in [-0.2, 0) is 0 Å². The van der Waals surface area contributed by atoms with Crippen LogP contribution in [0, 0.1) is 11.8 Å². The van der Waals surface area contributed by atoms with Crippen molar-refractivity contribution in [1.82, 2.24) is 0 Å². The summed E-state index contributed by atoms with van der Waals surface area (Å²) in [6, 6.07) is 0.337. The SMILES string of the molecule is CCC(C)CC(N)C(N)C(C)CC. The molecule has 0 radical (unpaired) electrons. The van der Waals surface area contributed by atoms with Gasteiger partial charge in [0.1, 0.15) is 0 Å². The molecule has 0 aromatic heterocycles. The lowest BCUT2D eigenvalue weighted by atomic mass is 9.88. The van der Waals surface area contributed by atoms with Gasteiger partial charge >= 0.3 is 0 Å². The lowest BCUT2D eigenvalue weighted by molar-refractivity contribution is 0.332. The fourth-order valence-electron chi connectivity index (χ4n) is 1.48. The zero-order valence-corrected chi connectivity index (χ0v) is 9.59. The van der Waals surface area contributed by atoms with Gasteiger partial charge in [-0.2, -0.15) is 0 Å². The number of nitrogens with two attached hydrogens (primary N) is 2. The van der Waals surface area contributed by atoms with Crippen molar-refractivity contribution in [3.05, 3.63) is 0 Å². The highest BCUT2D eigenvalue weighted by atomic mass is 14.8. The minimum Gasteiger partial charge on any atom is -0.326 e. The van der Waals surface area contributed by atoms with Crippen LogP contribution >= 0.6 is 0 Å². The molecule has 0 fully saturated rings. The summed E-state index contributed by atoms with van der Waals surface area (Å²) in [6.45, 7) is 8.79. The molecule has 0 heterocycles.